The van der Waals surface area contributed by atoms with E-state index in [0.29, 0.717) is 0 Å². The number of anilines is 2. The normalized spacial score (nSPS) is 11.0. The first-order chi connectivity index (χ1) is 19.0. The Balaban J connectivity index is 0.000000247. The van der Waals surface area contributed by atoms with Gasteiger partial charge in [-0.1, -0.05) is 24.3 Å². The zero-order valence-corrected chi connectivity index (χ0v) is 25.9. The maximum atomic E-state index is 8.52. The molecule has 0 bridgehead atoms. The van der Waals surface area contributed by atoms with Crippen LogP contribution in [0, 0.1) is 27.7 Å². The highest BCUT2D eigenvalue weighted by atomic mass is 32.3. The summed E-state index contributed by atoms with van der Waals surface area (Å²) >= 11 is 0. The largest absolute Gasteiger partial charge is 0.759 e. The number of nitrogen functional groups attached to an aromatic ring is 2. The Morgan fingerprint density at radius 2 is 0.780 bits per heavy atom. The third kappa shape index (κ3) is 9.70. The van der Waals surface area contributed by atoms with Crippen LogP contribution in [0.15, 0.2) is 72.8 Å². The van der Waals surface area contributed by atoms with E-state index in [1.165, 1.54) is 65.7 Å². The van der Waals surface area contributed by atoms with Crippen molar-refractivity contribution in [3.8, 4) is 22.3 Å². The molecule has 0 aliphatic carbocycles. The lowest BCUT2D eigenvalue weighted by Crippen LogP contribution is -3.00. The lowest BCUT2D eigenvalue weighted by Gasteiger charge is -2.15. The molecule has 0 atom stereocenters. The van der Waals surface area contributed by atoms with E-state index < -0.39 is 10.4 Å². The van der Waals surface area contributed by atoms with Crippen LogP contribution >= 0.6 is 0 Å². The minimum atomic E-state index is -5.17. The Kier molecular flexibility index (Phi) is 11.6. The van der Waals surface area contributed by atoms with Gasteiger partial charge < -0.3 is 30.4 Å². The van der Waals surface area contributed by atoms with Gasteiger partial charge in [0.1, 0.15) is 11.4 Å². The fourth-order valence-corrected chi connectivity index (χ4v) is 4.68. The number of benzene rings is 4. The van der Waals surface area contributed by atoms with Crippen LogP contribution in [0.25, 0.3) is 22.3 Å². The summed E-state index contributed by atoms with van der Waals surface area (Å²) in [7, 11) is 3.46. The maximum Gasteiger partial charge on any atom is 0.134 e. The van der Waals surface area contributed by atoms with E-state index in [1.54, 1.807) is 0 Å². The molecule has 0 fully saturated rings. The highest BCUT2D eigenvalue weighted by Crippen LogP contribution is 2.30. The van der Waals surface area contributed by atoms with E-state index in [0.717, 1.165) is 11.4 Å². The summed E-state index contributed by atoms with van der Waals surface area (Å²) in [5.41, 5.74) is 26.2. The predicted octanol–water partition coefficient (Wildman–Crippen LogP) is 3.32. The number of quaternary nitrogens is 2. The van der Waals surface area contributed by atoms with Crippen molar-refractivity contribution in [2.45, 2.75) is 27.7 Å². The van der Waals surface area contributed by atoms with Gasteiger partial charge >= 0.3 is 0 Å². The fraction of sp³-hybridized carbons (Fsp3) is 0.250. The fourth-order valence-electron chi connectivity index (χ4n) is 4.68. The smallest absolute Gasteiger partial charge is 0.134 e. The molecule has 0 aliphatic rings. The van der Waals surface area contributed by atoms with Gasteiger partial charge in [0, 0.05) is 32.9 Å². The van der Waals surface area contributed by atoms with E-state index in [1.807, 2.05) is 24.3 Å². The summed E-state index contributed by atoms with van der Waals surface area (Å²) in [6, 6.07) is 25.0. The Bertz CT molecular complexity index is 1450. The summed E-state index contributed by atoms with van der Waals surface area (Å²) < 4.78 is 34.1. The van der Waals surface area contributed by atoms with Crippen LogP contribution < -0.4 is 21.3 Å². The van der Waals surface area contributed by atoms with Crippen molar-refractivity contribution in [2.75, 3.05) is 39.7 Å². The Morgan fingerprint density at radius 1 is 0.512 bits per heavy atom. The maximum absolute atomic E-state index is 8.52. The summed E-state index contributed by atoms with van der Waals surface area (Å²) in [5, 5.41) is 0. The topological polar surface area (TPSA) is 141 Å². The summed E-state index contributed by atoms with van der Waals surface area (Å²) in [5.74, 6) is 0. The Morgan fingerprint density at radius 3 is 1.02 bits per heavy atom. The first-order valence-corrected chi connectivity index (χ1v) is 14.5. The summed E-state index contributed by atoms with van der Waals surface area (Å²) in [6.45, 7) is 8.76. The van der Waals surface area contributed by atoms with E-state index in [2.05, 4.69) is 104 Å². The van der Waals surface area contributed by atoms with Crippen molar-refractivity contribution in [1.82, 2.24) is 0 Å². The van der Waals surface area contributed by atoms with Crippen LogP contribution in [-0.4, -0.2) is 45.7 Å². The van der Waals surface area contributed by atoms with Crippen LogP contribution in [0.3, 0.4) is 0 Å². The van der Waals surface area contributed by atoms with E-state index >= 15 is 0 Å². The lowest BCUT2D eigenvalue weighted by molar-refractivity contribution is -0.786. The number of rotatable bonds is 4. The van der Waals surface area contributed by atoms with Crippen LogP contribution in [0.2, 0.25) is 0 Å². The van der Waals surface area contributed by atoms with Crippen molar-refractivity contribution in [2.24, 2.45) is 0 Å². The minimum absolute atomic E-state index is 0.808. The average molecular weight is 579 g/mol. The van der Waals surface area contributed by atoms with Gasteiger partial charge in [-0.3, -0.25) is 8.42 Å². The van der Waals surface area contributed by atoms with Crippen molar-refractivity contribution >= 4 is 33.1 Å². The second-order valence-electron chi connectivity index (χ2n) is 10.5. The molecule has 8 nitrogen and oxygen atoms in total. The molecule has 0 saturated heterocycles. The van der Waals surface area contributed by atoms with Crippen molar-refractivity contribution in [3.05, 3.63) is 95.1 Å². The molecular weight excluding hydrogens is 536 g/mol. The average Bonchev–Trinajstić information content (AvgIpc) is 2.87. The molecule has 4 rings (SSSR count). The molecule has 0 heterocycles. The van der Waals surface area contributed by atoms with Crippen molar-refractivity contribution < 1.29 is 27.3 Å². The quantitative estimate of drug-likeness (QED) is 0.166. The van der Waals surface area contributed by atoms with Crippen LogP contribution in [-0.2, 0) is 10.4 Å². The Hall–Kier alpha value is -3.73. The highest BCUT2D eigenvalue weighted by Gasteiger charge is 2.13. The molecule has 0 saturated carbocycles. The Labute approximate surface area is 244 Å². The molecule has 4 aromatic carbocycles. The zero-order chi connectivity index (χ0) is 31.1. The van der Waals surface area contributed by atoms with Crippen molar-refractivity contribution in [1.29, 1.82) is 0 Å². The van der Waals surface area contributed by atoms with Crippen molar-refractivity contribution in [3.63, 3.8) is 0 Å². The number of hydrogen-bond acceptors (Lipinski definition) is 6. The molecule has 0 amide bonds. The van der Waals surface area contributed by atoms with Gasteiger partial charge in [0.25, 0.3) is 0 Å². The summed E-state index contributed by atoms with van der Waals surface area (Å²) in [6.07, 6.45) is 0. The number of nitrogens with two attached hydrogens (primary N) is 2. The third-order valence-electron chi connectivity index (χ3n) is 7.10. The SMILES string of the molecule is Cc1c(-c2ccc(N)cc2)ccc([NH+](C)C)c1C.Cc1c(-c2ccc(N)cc2)ccc([NH+](C)C)c1C.O=S(=O)([O-])[O-]. The molecule has 0 radical (unpaired) electrons. The van der Waals surface area contributed by atoms with Gasteiger partial charge in [0.05, 0.1) is 28.2 Å². The van der Waals surface area contributed by atoms with Crippen LogP contribution in [0.5, 0.6) is 0 Å². The monoisotopic (exact) mass is 578 g/mol. The predicted molar refractivity (Wildman–Crippen MR) is 167 cm³/mol. The van der Waals surface area contributed by atoms with E-state index in [4.69, 9.17) is 29.0 Å². The van der Waals surface area contributed by atoms with Gasteiger partial charge in [0.15, 0.2) is 0 Å². The standard InChI is InChI=1S/2C16H20N2.H2O4S/c2*1-11-12(2)16(18(3)4)10-9-15(11)13-5-7-14(17)8-6-13;1-5(2,3)4/h2*5-10H,17H2,1-4H3;(H2,1,2,3,4). The number of nitrogens with one attached hydrogen (secondary N) is 2. The van der Waals surface area contributed by atoms with E-state index in [-0.39, 0.29) is 0 Å². The van der Waals surface area contributed by atoms with Gasteiger partial charge in [0.2, 0.25) is 0 Å². The van der Waals surface area contributed by atoms with Crippen LogP contribution in [0.1, 0.15) is 22.3 Å². The first-order valence-electron chi connectivity index (χ1n) is 13.2. The molecule has 220 valence electrons. The molecule has 0 aromatic heterocycles. The third-order valence-corrected chi connectivity index (χ3v) is 7.10. The molecule has 9 heteroatoms. The first kappa shape index (κ1) is 33.5. The lowest BCUT2D eigenvalue weighted by atomic mass is 9.95. The molecule has 0 unspecified atom stereocenters. The second kappa shape index (κ2) is 14.2. The zero-order valence-electron chi connectivity index (χ0n) is 25.1. The highest BCUT2D eigenvalue weighted by molar-refractivity contribution is 7.79. The number of hydrogen-bond donors (Lipinski definition) is 4. The van der Waals surface area contributed by atoms with Gasteiger partial charge in [-0.05, 0) is 110 Å². The molecule has 0 aliphatic heterocycles. The van der Waals surface area contributed by atoms with Gasteiger partial charge in [-0.2, -0.15) is 0 Å². The van der Waals surface area contributed by atoms with E-state index in [9.17, 15) is 0 Å². The van der Waals surface area contributed by atoms with Gasteiger partial charge in [-0.15, -0.1) is 0 Å². The summed E-state index contributed by atoms with van der Waals surface area (Å²) in [4.78, 5) is 2.72. The molecule has 4 aromatic rings. The molecular formula is C32H42N4O4S. The molecule has 41 heavy (non-hydrogen) atoms. The van der Waals surface area contributed by atoms with Gasteiger partial charge in [-0.25, -0.2) is 0 Å². The second-order valence-corrected chi connectivity index (χ2v) is 11.3. The molecule has 0 spiro atoms. The van der Waals surface area contributed by atoms with Crippen LogP contribution in [0.4, 0.5) is 22.7 Å². The minimum Gasteiger partial charge on any atom is -0.759 e. The molecule has 6 N–H and O–H groups in total.